The predicted molar refractivity (Wildman–Crippen MR) is 142 cm³/mol. The summed E-state index contributed by atoms with van der Waals surface area (Å²) in [5, 5.41) is 2.33. The molecule has 1 fully saturated rings. The molecule has 0 unspecified atom stereocenters. The van der Waals surface area contributed by atoms with Crippen LogP contribution in [0, 0.1) is 0 Å². The number of methoxy groups -OCH3 is 1. The first-order chi connectivity index (χ1) is 18.2. The van der Waals surface area contributed by atoms with Gasteiger partial charge in [-0.25, -0.2) is 8.42 Å². The third-order valence-corrected chi connectivity index (χ3v) is 8.05. The quantitative estimate of drug-likeness (QED) is 0.437. The van der Waals surface area contributed by atoms with Gasteiger partial charge in [-0.05, 0) is 55.7 Å². The van der Waals surface area contributed by atoms with E-state index in [4.69, 9.17) is 16.3 Å². The van der Waals surface area contributed by atoms with Crippen molar-refractivity contribution in [1.29, 1.82) is 0 Å². The van der Waals surface area contributed by atoms with Gasteiger partial charge in [-0.2, -0.15) is 13.2 Å². The number of sulfonamides is 1. The third-order valence-electron chi connectivity index (χ3n) is 6.58. The van der Waals surface area contributed by atoms with E-state index in [1.165, 1.54) is 18.9 Å². The predicted octanol–water partition coefficient (Wildman–Crippen LogP) is 4.61. The van der Waals surface area contributed by atoms with Gasteiger partial charge in [0.25, 0.3) is 0 Å². The Kier molecular flexibility index (Phi) is 9.76. The van der Waals surface area contributed by atoms with Crippen LogP contribution in [0.25, 0.3) is 0 Å². The highest BCUT2D eigenvalue weighted by Crippen LogP contribution is 2.37. The number of amides is 2. The van der Waals surface area contributed by atoms with Crippen molar-refractivity contribution in [3.63, 3.8) is 0 Å². The Bertz CT molecular complexity index is 1300. The summed E-state index contributed by atoms with van der Waals surface area (Å²) in [7, 11) is -2.74. The van der Waals surface area contributed by atoms with E-state index in [0.29, 0.717) is 21.7 Å². The zero-order valence-electron chi connectivity index (χ0n) is 21.8. The summed E-state index contributed by atoms with van der Waals surface area (Å²) in [6.07, 6.45) is -0.451. The van der Waals surface area contributed by atoms with Crippen LogP contribution in [-0.4, -0.2) is 57.1 Å². The maximum Gasteiger partial charge on any atom is 0.417 e. The van der Waals surface area contributed by atoms with Crippen molar-refractivity contribution in [2.45, 2.75) is 57.4 Å². The molecular weight excluding hydrogens is 559 g/mol. The molecule has 2 aromatic rings. The Morgan fingerprint density at radius 1 is 1.15 bits per heavy atom. The van der Waals surface area contributed by atoms with Crippen molar-refractivity contribution in [3.8, 4) is 5.75 Å². The number of nitrogens with one attached hydrogen (secondary N) is 1. The van der Waals surface area contributed by atoms with Gasteiger partial charge in [-0.1, -0.05) is 36.6 Å². The summed E-state index contributed by atoms with van der Waals surface area (Å²) in [6, 6.07) is 8.38. The number of carbonyl (C=O) groups excluding carboxylic acids is 2. The Balaban J connectivity index is 1.95. The van der Waals surface area contributed by atoms with Crippen molar-refractivity contribution in [3.05, 3.63) is 58.6 Å². The number of carbonyl (C=O) groups is 2. The van der Waals surface area contributed by atoms with Crippen LogP contribution in [0.4, 0.5) is 18.9 Å². The molecule has 0 spiro atoms. The average Bonchev–Trinajstić information content (AvgIpc) is 3.37. The lowest BCUT2D eigenvalue weighted by Crippen LogP contribution is -2.52. The molecule has 1 atom stereocenters. The maximum atomic E-state index is 13.6. The summed E-state index contributed by atoms with van der Waals surface area (Å²) in [6.45, 7) is 0.626. The molecule has 0 bridgehead atoms. The van der Waals surface area contributed by atoms with Crippen LogP contribution in [0.1, 0.15) is 43.7 Å². The number of rotatable bonds is 10. The van der Waals surface area contributed by atoms with Gasteiger partial charge in [0.2, 0.25) is 21.8 Å². The van der Waals surface area contributed by atoms with Crippen LogP contribution < -0.4 is 14.4 Å². The first-order valence-electron chi connectivity index (χ1n) is 12.3. The second-order valence-electron chi connectivity index (χ2n) is 9.47. The van der Waals surface area contributed by atoms with E-state index in [1.807, 2.05) is 0 Å². The van der Waals surface area contributed by atoms with Crippen LogP contribution in [0.15, 0.2) is 42.5 Å². The lowest BCUT2D eigenvalue weighted by atomic mass is 10.1. The lowest BCUT2D eigenvalue weighted by Gasteiger charge is -2.32. The highest BCUT2D eigenvalue weighted by molar-refractivity contribution is 7.92. The minimum Gasteiger partial charge on any atom is -0.497 e. The van der Waals surface area contributed by atoms with Crippen LogP contribution in [0.2, 0.25) is 5.02 Å². The Hall–Kier alpha value is -2.99. The lowest BCUT2D eigenvalue weighted by molar-refractivity contribution is -0.139. The van der Waals surface area contributed by atoms with Crippen LogP contribution in [0.5, 0.6) is 5.75 Å². The van der Waals surface area contributed by atoms with Crippen molar-refractivity contribution >= 4 is 39.1 Å². The molecule has 0 aromatic heterocycles. The largest absolute Gasteiger partial charge is 0.497 e. The van der Waals surface area contributed by atoms with Crippen molar-refractivity contribution in [2.75, 3.05) is 24.2 Å². The first kappa shape index (κ1) is 30.6. The van der Waals surface area contributed by atoms with Gasteiger partial charge in [-0.15, -0.1) is 0 Å². The second-order valence-corrected chi connectivity index (χ2v) is 11.8. The molecule has 1 aliphatic rings. The Labute approximate surface area is 231 Å². The SMILES string of the molecule is COc1cccc(CN(C(=O)CN(c2ccc(Cl)c(C(F)(F)F)c2)S(C)(=O)=O)[C@H](C)C(=O)NC2CCCC2)c1. The molecule has 1 aliphatic carbocycles. The highest BCUT2D eigenvalue weighted by atomic mass is 35.5. The normalized spacial score (nSPS) is 15.1. The number of hydrogen-bond donors (Lipinski definition) is 1. The van der Waals surface area contributed by atoms with E-state index in [1.54, 1.807) is 24.3 Å². The van der Waals surface area contributed by atoms with Crippen molar-refractivity contribution in [2.24, 2.45) is 0 Å². The van der Waals surface area contributed by atoms with Gasteiger partial charge in [0.15, 0.2) is 0 Å². The Morgan fingerprint density at radius 2 is 1.82 bits per heavy atom. The molecule has 39 heavy (non-hydrogen) atoms. The molecule has 1 saturated carbocycles. The standard InChI is InChI=1S/C26H31ClF3N3O5S/c1-17(25(35)31-19-8-4-5-9-19)32(15-18-7-6-10-21(13-18)38-2)24(34)16-33(39(3,36)37)20-11-12-23(27)22(14-20)26(28,29)30/h6-7,10-14,17,19H,4-5,8-9,15-16H2,1-3H3,(H,31,35)/t17-/m1/s1. The molecule has 0 aliphatic heterocycles. The van der Waals surface area contributed by atoms with Crippen molar-refractivity contribution < 1.29 is 35.9 Å². The molecule has 8 nitrogen and oxygen atoms in total. The zero-order chi connectivity index (χ0) is 29.0. The molecule has 2 aromatic carbocycles. The van der Waals surface area contributed by atoms with Gasteiger partial charge in [0.05, 0.1) is 29.6 Å². The second kappa shape index (κ2) is 12.5. The van der Waals surface area contributed by atoms with Gasteiger partial charge in [-0.3, -0.25) is 13.9 Å². The van der Waals surface area contributed by atoms with Crippen LogP contribution in [0.3, 0.4) is 0 Å². The molecule has 13 heteroatoms. The van der Waals surface area contributed by atoms with E-state index in [2.05, 4.69) is 5.32 Å². The fourth-order valence-corrected chi connectivity index (χ4v) is 5.51. The number of ether oxygens (including phenoxy) is 1. The Morgan fingerprint density at radius 3 is 2.41 bits per heavy atom. The number of anilines is 1. The van der Waals surface area contributed by atoms with Crippen LogP contribution >= 0.6 is 11.6 Å². The maximum absolute atomic E-state index is 13.6. The monoisotopic (exact) mass is 589 g/mol. The molecule has 1 N–H and O–H groups in total. The minimum atomic E-state index is -4.84. The van der Waals surface area contributed by atoms with Crippen LogP contribution in [-0.2, 0) is 32.3 Å². The zero-order valence-corrected chi connectivity index (χ0v) is 23.4. The van der Waals surface area contributed by atoms with E-state index < -0.39 is 51.2 Å². The summed E-state index contributed by atoms with van der Waals surface area (Å²) in [4.78, 5) is 27.9. The molecule has 0 saturated heterocycles. The first-order valence-corrected chi connectivity index (χ1v) is 14.5. The molecule has 0 radical (unpaired) electrons. The minimum absolute atomic E-state index is 0.0175. The number of nitrogens with zero attached hydrogens (tertiary/aromatic N) is 2. The summed E-state index contributed by atoms with van der Waals surface area (Å²) in [5.41, 5.74) is -1.01. The average molecular weight is 590 g/mol. The summed E-state index contributed by atoms with van der Waals surface area (Å²) in [5.74, 6) is -0.669. The third kappa shape index (κ3) is 8.01. The van der Waals surface area contributed by atoms with Gasteiger partial charge >= 0.3 is 6.18 Å². The molecular formula is C26H31ClF3N3O5S. The number of halogens is 4. The molecule has 0 heterocycles. The summed E-state index contributed by atoms with van der Waals surface area (Å²) >= 11 is 5.70. The van der Waals surface area contributed by atoms with E-state index in [-0.39, 0.29) is 18.3 Å². The topological polar surface area (TPSA) is 96.0 Å². The number of benzene rings is 2. The number of hydrogen-bond acceptors (Lipinski definition) is 5. The molecule has 214 valence electrons. The highest BCUT2D eigenvalue weighted by Gasteiger charge is 2.36. The van der Waals surface area contributed by atoms with E-state index in [9.17, 15) is 31.2 Å². The van der Waals surface area contributed by atoms with E-state index in [0.717, 1.165) is 44.1 Å². The fourth-order valence-electron chi connectivity index (χ4n) is 4.44. The summed E-state index contributed by atoms with van der Waals surface area (Å²) < 4.78 is 71.5. The molecule has 2 amide bonds. The van der Waals surface area contributed by atoms with Gasteiger partial charge in [0, 0.05) is 12.6 Å². The number of alkyl halides is 3. The van der Waals surface area contributed by atoms with Gasteiger partial charge < -0.3 is 15.0 Å². The van der Waals surface area contributed by atoms with E-state index >= 15 is 0 Å². The van der Waals surface area contributed by atoms with Gasteiger partial charge in [0.1, 0.15) is 18.3 Å². The van der Waals surface area contributed by atoms with Crippen molar-refractivity contribution in [1.82, 2.24) is 10.2 Å². The molecule has 3 rings (SSSR count). The smallest absolute Gasteiger partial charge is 0.417 e. The fraction of sp³-hybridized carbons (Fsp3) is 0.462.